The first-order valence-corrected chi connectivity index (χ1v) is 7.79. The molecule has 0 spiro atoms. The molecule has 1 unspecified atom stereocenters. The summed E-state index contributed by atoms with van der Waals surface area (Å²) >= 11 is 1.84. The molecule has 1 atom stereocenters. The number of hydrogen-bond acceptors (Lipinski definition) is 4. The van der Waals surface area contributed by atoms with Crippen LogP contribution in [-0.4, -0.2) is 21.5 Å². The van der Waals surface area contributed by atoms with Gasteiger partial charge in [-0.2, -0.15) is 0 Å². The third kappa shape index (κ3) is 4.14. The smallest absolute Gasteiger partial charge is 0.0753 e. The van der Waals surface area contributed by atoms with E-state index in [0.29, 0.717) is 6.04 Å². The van der Waals surface area contributed by atoms with Crippen molar-refractivity contribution in [3.63, 3.8) is 0 Å². The van der Waals surface area contributed by atoms with Gasteiger partial charge in [0.05, 0.1) is 17.9 Å². The molecule has 0 amide bonds. The lowest BCUT2D eigenvalue weighted by atomic mass is 10.1. The lowest BCUT2D eigenvalue weighted by Crippen LogP contribution is -2.24. The number of aryl methyl sites for hydroxylation is 2. The molecule has 2 aromatic rings. The van der Waals surface area contributed by atoms with Gasteiger partial charge in [0, 0.05) is 11.9 Å². The van der Waals surface area contributed by atoms with Crippen LogP contribution in [0, 0.1) is 0 Å². The molecule has 104 valence electrons. The van der Waals surface area contributed by atoms with Crippen molar-refractivity contribution in [3.8, 4) is 0 Å². The molecule has 2 aromatic heterocycles. The van der Waals surface area contributed by atoms with Crippen molar-refractivity contribution in [2.24, 2.45) is 7.05 Å². The van der Waals surface area contributed by atoms with E-state index in [4.69, 9.17) is 0 Å². The minimum atomic E-state index is 0.361. The fraction of sp³-hybridized carbons (Fsp3) is 0.571. The molecule has 0 saturated heterocycles. The van der Waals surface area contributed by atoms with Crippen molar-refractivity contribution in [1.29, 1.82) is 0 Å². The van der Waals surface area contributed by atoms with E-state index < -0.39 is 0 Å². The van der Waals surface area contributed by atoms with Crippen LogP contribution in [0.5, 0.6) is 0 Å². The Morgan fingerprint density at radius 2 is 2.37 bits per heavy atom. The number of hydrogen-bond donors (Lipinski definition) is 1. The summed E-state index contributed by atoms with van der Waals surface area (Å²) < 4.78 is 1.87. The zero-order chi connectivity index (χ0) is 13.5. The van der Waals surface area contributed by atoms with E-state index in [1.165, 1.54) is 17.0 Å². The van der Waals surface area contributed by atoms with Crippen LogP contribution < -0.4 is 5.32 Å². The van der Waals surface area contributed by atoms with E-state index in [2.05, 4.69) is 40.1 Å². The minimum absolute atomic E-state index is 0.361. The largest absolute Gasteiger partial charge is 0.309 e. The second-order valence-electron chi connectivity index (χ2n) is 4.76. The highest BCUT2D eigenvalue weighted by Crippen LogP contribution is 2.20. The molecule has 0 saturated carbocycles. The summed E-state index contributed by atoms with van der Waals surface area (Å²) in [7, 11) is 1.96. The van der Waals surface area contributed by atoms with Gasteiger partial charge < -0.3 is 5.32 Å². The fourth-order valence-electron chi connectivity index (χ4n) is 2.22. The summed E-state index contributed by atoms with van der Waals surface area (Å²) in [5.41, 5.74) is 1.18. The summed E-state index contributed by atoms with van der Waals surface area (Å²) in [6.45, 7) is 3.23. The average Bonchev–Trinajstić information content (AvgIpc) is 3.05. The van der Waals surface area contributed by atoms with Gasteiger partial charge in [-0.3, -0.25) is 4.68 Å². The van der Waals surface area contributed by atoms with Crippen molar-refractivity contribution in [2.45, 2.75) is 38.6 Å². The van der Waals surface area contributed by atoms with E-state index >= 15 is 0 Å². The Morgan fingerprint density at radius 3 is 3.00 bits per heavy atom. The van der Waals surface area contributed by atoms with Crippen molar-refractivity contribution >= 4 is 11.3 Å². The van der Waals surface area contributed by atoms with Gasteiger partial charge in [-0.25, -0.2) is 0 Å². The van der Waals surface area contributed by atoms with E-state index in [1.807, 2.05) is 29.3 Å². The first-order valence-electron chi connectivity index (χ1n) is 6.91. The second-order valence-corrected chi connectivity index (χ2v) is 5.79. The molecule has 5 heteroatoms. The van der Waals surface area contributed by atoms with Gasteiger partial charge in [0.25, 0.3) is 0 Å². The van der Waals surface area contributed by atoms with Crippen LogP contribution in [0.15, 0.2) is 23.7 Å². The zero-order valence-corrected chi connectivity index (χ0v) is 12.5. The molecule has 19 heavy (non-hydrogen) atoms. The minimum Gasteiger partial charge on any atom is -0.309 e. The van der Waals surface area contributed by atoms with Crippen molar-refractivity contribution in [2.75, 3.05) is 6.54 Å². The zero-order valence-electron chi connectivity index (χ0n) is 11.7. The Hall–Kier alpha value is -1.20. The van der Waals surface area contributed by atoms with Gasteiger partial charge in [-0.05, 0) is 43.7 Å². The Bertz CT molecular complexity index is 464. The molecule has 1 N–H and O–H groups in total. The van der Waals surface area contributed by atoms with E-state index in [9.17, 15) is 0 Å². The van der Waals surface area contributed by atoms with Gasteiger partial charge in [0.15, 0.2) is 0 Å². The van der Waals surface area contributed by atoms with Crippen molar-refractivity contribution in [3.05, 3.63) is 34.3 Å². The van der Waals surface area contributed by atoms with Crippen LogP contribution in [0.1, 0.15) is 42.8 Å². The molecule has 0 aromatic carbocycles. The van der Waals surface area contributed by atoms with Gasteiger partial charge in [-0.15, -0.1) is 16.4 Å². The quantitative estimate of drug-likeness (QED) is 0.807. The molecule has 0 fully saturated rings. The van der Waals surface area contributed by atoms with Gasteiger partial charge in [-0.1, -0.05) is 18.2 Å². The van der Waals surface area contributed by atoms with Crippen LogP contribution in [0.2, 0.25) is 0 Å². The van der Waals surface area contributed by atoms with Crippen LogP contribution >= 0.6 is 11.3 Å². The normalized spacial score (nSPS) is 12.7. The van der Waals surface area contributed by atoms with Gasteiger partial charge >= 0.3 is 0 Å². The number of aromatic nitrogens is 3. The molecule has 0 aliphatic carbocycles. The Balaban J connectivity index is 1.89. The molecule has 0 aliphatic rings. The third-order valence-electron chi connectivity index (χ3n) is 3.24. The topological polar surface area (TPSA) is 42.7 Å². The molecule has 0 aliphatic heterocycles. The Morgan fingerprint density at radius 1 is 1.47 bits per heavy atom. The fourth-order valence-corrected chi connectivity index (χ4v) is 2.97. The Labute approximate surface area is 118 Å². The predicted molar refractivity (Wildman–Crippen MR) is 79.3 cm³/mol. The Kier molecular flexibility index (Phi) is 5.54. The highest BCUT2D eigenvalue weighted by atomic mass is 32.1. The molecule has 4 nitrogen and oxygen atoms in total. The SMILES string of the molecule is CCCNC(CCCc1cccs1)c1cnnn1C. The number of nitrogens with one attached hydrogen (secondary N) is 1. The summed E-state index contributed by atoms with van der Waals surface area (Å²) in [5, 5.41) is 13.8. The van der Waals surface area contributed by atoms with Crippen molar-refractivity contribution in [1.82, 2.24) is 20.3 Å². The molecule has 0 radical (unpaired) electrons. The van der Waals surface area contributed by atoms with Crippen LogP contribution in [0.4, 0.5) is 0 Å². The average molecular weight is 278 g/mol. The van der Waals surface area contributed by atoms with Gasteiger partial charge in [0.1, 0.15) is 0 Å². The lowest BCUT2D eigenvalue weighted by molar-refractivity contribution is 0.456. The molecular formula is C14H22N4S. The van der Waals surface area contributed by atoms with Crippen molar-refractivity contribution < 1.29 is 0 Å². The predicted octanol–water partition coefficient (Wildman–Crippen LogP) is 2.94. The number of nitrogens with zero attached hydrogens (tertiary/aromatic N) is 3. The third-order valence-corrected chi connectivity index (χ3v) is 4.18. The molecular weight excluding hydrogens is 256 g/mol. The molecule has 2 rings (SSSR count). The molecule has 0 bridgehead atoms. The van der Waals surface area contributed by atoms with E-state index in [-0.39, 0.29) is 0 Å². The van der Waals surface area contributed by atoms with E-state index in [1.54, 1.807) is 0 Å². The monoisotopic (exact) mass is 278 g/mol. The summed E-state index contributed by atoms with van der Waals surface area (Å²) in [6, 6.07) is 4.70. The highest BCUT2D eigenvalue weighted by molar-refractivity contribution is 7.09. The standard InChI is InChI=1S/C14H22N4S/c1-3-9-15-13(14-11-16-17-18(14)2)8-4-6-12-7-5-10-19-12/h5,7,10-11,13,15H,3-4,6,8-9H2,1-2H3. The molecule has 2 heterocycles. The maximum absolute atomic E-state index is 4.03. The van der Waals surface area contributed by atoms with Gasteiger partial charge in [0.2, 0.25) is 0 Å². The number of thiophene rings is 1. The second kappa shape index (κ2) is 7.40. The summed E-state index contributed by atoms with van der Waals surface area (Å²) in [5.74, 6) is 0. The lowest BCUT2D eigenvalue weighted by Gasteiger charge is -2.18. The maximum atomic E-state index is 4.03. The first kappa shape index (κ1) is 14.2. The summed E-state index contributed by atoms with van der Waals surface area (Å²) in [6.07, 6.45) is 6.49. The van der Waals surface area contributed by atoms with E-state index in [0.717, 1.165) is 25.8 Å². The highest BCUT2D eigenvalue weighted by Gasteiger charge is 2.14. The summed E-state index contributed by atoms with van der Waals surface area (Å²) in [4.78, 5) is 1.47. The van der Waals surface area contributed by atoms with Crippen LogP contribution in [0.25, 0.3) is 0 Å². The van der Waals surface area contributed by atoms with Crippen LogP contribution in [0.3, 0.4) is 0 Å². The maximum Gasteiger partial charge on any atom is 0.0753 e. The van der Waals surface area contributed by atoms with Crippen LogP contribution in [-0.2, 0) is 13.5 Å². The number of rotatable bonds is 8. The first-order chi connectivity index (χ1) is 9.31.